The maximum Gasteiger partial charge on any atom is 0.322 e. The lowest BCUT2D eigenvalue weighted by molar-refractivity contribution is -0.149. The van der Waals surface area contributed by atoms with Gasteiger partial charge in [0.05, 0.1) is 6.54 Å². The van der Waals surface area contributed by atoms with E-state index in [0.29, 0.717) is 31.5 Å². The fourth-order valence-electron chi connectivity index (χ4n) is 7.41. The summed E-state index contributed by atoms with van der Waals surface area (Å²) in [7, 11) is 0. The second-order valence-corrected chi connectivity index (χ2v) is 13.1. The van der Waals surface area contributed by atoms with Crippen LogP contribution in [0.4, 0.5) is 10.5 Å². The molecule has 242 valence electrons. The molecule has 0 unspecified atom stereocenters. The molecule has 0 aliphatic carbocycles. The molecule has 2 fully saturated rings. The van der Waals surface area contributed by atoms with Crippen LogP contribution < -0.4 is 5.32 Å². The van der Waals surface area contributed by atoms with Crippen molar-refractivity contribution < 1.29 is 19.4 Å². The van der Waals surface area contributed by atoms with Gasteiger partial charge in [-0.05, 0) is 74.3 Å². The van der Waals surface area contributed by atoms with Crippen molar-refractivity contribution in [3.63, 3.8) is 0 Å². The summed E-state index contributed by atoms with van der Waals surface area (Å²) in [5.41, 5.74) is 4.71. The highest BCUT2D eigenvalue weighted by Gasteiger charge is 2.33. The lowest BCUT2D eigenvalue weighted by atomic mass is 9.99. The smallest absolute Gasteiger partial charge is 0.322 e. The number of ether oxygens (including phenoxy) is 1. The molecular formula is C35H48N6O4. The van der Waals surface area contributed by atoms with Crippen molar-refractivity contribution in [2.75, 3.05) is 64.4 Å². The molecule has 2 N–H and O–H groups in total. The van der Waals surface area contributed by atoms with Gasteiger partial charge in [-0.2, -0.15) is 0 Å². The van der Waals surface area contributed by atoms with Gasteiger partial charge in [0.1, 0.15) is 18.6 Å². The first-order valence-electron chi connectivity index (χ1n) is 16.7. The van der Waals surface area contributed by atoms with E-state index in [2.05, 4.69) is 26.2 Å². The molecule has 0 bridgehead atoms. The van der Waals surface area contributed by atoms with Crippen LogP contribution in [0.1, 0.15) is 47.9 Å². The predicted molar refractivity (Wildman–Crippen MR) is 176 cm³/mol. The van der Waals surface area contributed by atoms with Crippen molar-refractivity contribution in [2.24, 2.45) is 4.99 Å². The summed E-state index contributed by atoms with van der Waals surface area (Å²) in [4.78, 5) is 40.1. The minimum Gasteiger partial charge on any atom is -0.507 e. The number of aryl methyl sites for hydroxylation is 2. The monoisotopic (exact) mass is 616 g/mol. The molecule has 10 nitrogen and oxygen atoms in total. The number of amides is 3. The molecule has 0 aromatic heterocycles. The van der Waals surface area contributed by atoms with Crippen LogP contribution in [-0.2, 0) is 22.4 Å². The Hall–Kier alpha value is -3.47. The van der Waals surface area contributed by atoms with E-state index in [1.165, 1.54) is 5.56 Å². The van der Waals surface area contributed by atoms with Gasteiger partial charge in [0, 0.05) is 76.2 Å². The maximum atomic E-state index is 14.0. The van der Waals surface area contributed by atoms with Gasteiger partial charge < -0.3 is 25.0 Å². The number of aromatic hydroxyl groups is 1. The number of rotatable bonds is 8. The summed E-state index contributed by atoms with van der Waals surface area (Å²) in [5, 5.41) is 13.4. The highest BCUT2D eigenvalue weighted by molar-refractivity contribution is 5.91. The summed E-state index contributed by atoms with van der Waals surface area (Å²) < 4.78 is 6.47. The molecule has 4 aliphatic heterocycles. The Morgan fingerprint density at radius 1 is 1.00 bits per heavy atom. The first-order chi connectivity index (χ1) is 21.9. The van der Waals surface area contributed by atoms with Gasteiger partial charge in [0.25, 0.3) is 5.91 Å². The second kappa shape index (κ2) is 14.3. The van der Waals surface area contributed by atoms with Crippen molar-refractivity contribution in [1.29, 1.82) is 0 Å². The third-order valence-corrected chi connectivity index (χ3v) is 10.1. The van der Waals surface area contributed by atoms with E-state index in [0.717, 1.165) is 100 Å². The van der Waals surface area contributed by atoms with Gasteiger partial charge in [-0.1, -0.05) is 30.3 Å². The fraction of sp³-hybridized carbons (Fsp3) is 0.571. The number of anilines is 1. The van der Waals surface area contributed by atoms with Gasteiger partial charge in [-0.3, -0.25) is 19.6 Å². The van der Waals surface area contributed by atoms with Crippen LogP contribution >= 0.6 is 0 Å². The number of carbonyl (C=O) groups is 2. The molecule has 10 heteroatoms. The molecule has 6 rings (SSSR count). The number of para-hydroxylation sites is 1. The number of phenols is 1. The predicted octanol–water partition coefficient (Wildman–Crippen LogP) is 3.83. The molecule has 2 aromatic rings. The van der Waals surface area contributed by atoms with Crippen LogP contribution in [0.5, 0.6) is 5.75 Å². The van der Waals surface area contributed by atoms with Crippen molar-refractivity contribution in [1.82, 2.24) is 19.6 Å². The van der Waals surface area contributed by atoms with Crippen LogP contribution in [0.3, 0.4) is 0 Å². The van der Waals surface area contributed by atoms with E-state index in [9.17, 15) is 14.7 Å². The number of urea groups is 1. The number of hydrogen-bond donors (Lipinski definition) is 2. The van der Waals surface area contributed by atoms with Crippen LogP contribution in [0, 0.1) is 13.8 Å². The molecule has 2 saturated heterocycles. The number of nitrogens with zero attached hydrogens (tertiary/aromatic N) is 5. The van der Waals surface area contributed by atoms with Gasteiger partial charge in [-0.15, -0.1) is 0 Å². The fourth-order valence-corrected chi connectivity index (χ4v) is 7.41. The van der Waals surface area contributed by atoms with E-state index >= 15 is 0 Å². The maximum absolute atomic E-state index is 14.0. The number of aliphatic imine (C=N–C) groups is 1. The number of nitrogens with one attached hydrogen (secondary N) is 1. The van der Waals surface area contributed by atoms with Gasteiger partial charge in [-0.25, -0.2) is 4.79 Å². The zero-order valence-electron chi connectivity index (χ0n) is 26.8. The molecule has 2 aromatic carbocycles. The number of piperidine rings is 2. The summed E-state index contributed by atoms with van der Waals surface area (Å²) in [6.07, 6.45) is 6.40. The van der Waals surface area contributed by atoms with E-state index in [-0.39, 0.29) is 18.0 Å². The van der Waals surface area contributed by atoms with E-state index in [4.69, 9.17) is 4.74 Å². The summed E-state index contributed by atoms with van der Waals surface area (Å²) in [6, 6.07) is 12.6. The SMILES string of the molecule is Cc1cc(C[C@@H](OCN2CCC(N3CCc4ccccc4NC3=O)CC2)C(=O)N2CCC(N3CC=NCC3)CC2)cc(C)c1O. The molecule has 0 saturated carbocycles. The van der Waals surface area contributed by atoms with Gasteiger partial charge in [0.15, 0.2) is 0 Å². The lowest BCUT2D eigenvalue weighted by Crippen LogP contribution is -2.52. The summed E-state index contributed by atoms with van der Waals surface area (Å²) in [6.45, 7) is 10.7. The Balaban J connectivity index is 1.06. The molecule has 0 radical (unpaired) electrons. The third-order valence-electron chi connectivity index (χ3n) is 10.1. The van der Waals surface area contributed by atoms with E-state index < -0.39 is 6.10 Å². The topological polar surface area (TPSA) is 101 Å². The van der Waals surface area contributed by atoms with Crippen molar-refractivity contribution in [3.8, 4) is 5.75 Å². The molecule has 4 heterocycles. The Kier molecular flexibility index (Phi) is 10.0. The number of fused-ring (bicyclic) bond motifs is 1. The molecule has 1 atom stereocenters. The zero-order valence-corrected chi connectivity index (χ0v) is 26.8. The first kappa shape index (κ1) is 31.5. The third kappa shape index (κ3) is 7.51. The number of likely N-dealkylation sites (tertiary alicyclic amines) is 2. The van der Waals surface area contributed by atoms with Crippen LogP contribution in [0.2, 0.25) is 0 Å². The average molecular weight is 617 g/mol. The highest BCUT2D eigenvalue weighted by Crippen LogP contribution is 2.27. The Labute approximate surface area is 267 Å². The van der Waals surface area contributed by atoms with E-state index in [1.807, 2.05) is 60.2 Å². The number of carbonyl (C=O) groups excluding carboxylic acids is 2. The Bertz CT molecular complexity index is 1360. The zero-order chi connectivity index (χ0) is 31.3. The Morgan fingerprint density at radius 3 is 2.42 bits per heavy atom. The quantitative estimate of drug-likeness (QED) is 0.468. The summed E-state index contributed by atoms with van der Waals surface area (Å²) in [5.74, 6) is 0.352. The van der Waals surface area contributed by atoms with Crippen molar-refractivity contribution >= 4 is 23.8 Å². The number of phenolic OH excluding ortho intramolecular Hbond substituents is 1. The van der Waals surface area contributed by atoms with Crippen molar-refractivity contribution in [3.05, 3.63) is 58.7 Å². The standard InChI is InChI=1S/C35H48N6O4/c1-25-21-27(22-26(2)33(25)42)23-32(34(43)40-16-10-29(11-17-40)39-19-12-36-13-20-39)45-24-38-14-8-30(9-15-38)41-18-7-28-5-3-4-6-31(28)37-35(41)44/h3-6,12,21-22,29-30,32,42H,7-11,13-20,23-24H2,1-2H3,(H,37,44)/t32-/m1/s1. The molecular weight excluding hydrogens is 568 g/mol. The molecule has 4 aliphatic rings. The average Bonchev–Trinajstić information content (AvgIpc) is 3.24. The number of hydrogen-bond acceptors (Lipinski definition) is 7. The van der Waals surface area contributed by atoms with Crippen LogP contribution in [0.15, 0.2) is 41.4 Å². The minimum absolute atomic E-state index is 0.0167. The molecule has 45 heavy (non-hydrogen) atoms. The lowest BCUT2D eigenvalue weighted by Gasteiger charge is -2.40. The van der Waals surface area contributed by atoms with E-state index in [1.54, 1.807) is 0 Å². The largest absolute Gasteiger partial charge is 0.507 e. The Morgan fingerprint density at radius 2 is 1.71 bits per heavy atom. The summed E-state index contributed by atoms with van der Waals surface area (Å²) >= 11 is 0. The number of benzene rings is 2. The van der Waals surface area contributed by atoms with Crippen molar-refractivity contribution in [2.45, 2.75) is 70.6 Å². The minimum atomic E-state index is -0.598. The normalized spacial score (nSPS) is 21.3. The van der Waals surface area contributed by atoms with Crippen LogP contribution in [0.25, 0.3) is 0 Å². The molecule has 3 amide bonds. The van der Waals surface area contributed by atoms with Gasteiger partial charge in [0.2, 0.25) is 0 Å². The van der Waals surface area contributed by atoms with Crippen LogP contribution in [-0.4, -0.2) is 120 Å². The van der Waals surface area contributed by atoms with Gasteiger partial charge >= 0.3 is 6.03 Å². The second-order valence-electron chi connectivity index (χ2n) is 13.1. The first-order valence-corrected chi connectivity index (χ1v) is 16.7. The molecule has 0 spiro atoms. The highest BCUT2D eigenvalue weighted by atomic mass is 16.5.